The van der Waals surface area contributed by atoms with Crippen LogP contribution in [0.1, 0.15) is 26.5 Å². The molecule has 1 heterocycles. The molecule has 0 unspecified atom stereocenters. The van der Waals surface area contributed by atoms with Crippen LogP contribution in [0.4, 0.5) is 0 Å². The Morgan fingerprint density at radius 3 is 2.53 bits per heavy atom. The number of fused-ring (bicyclic) bond motifs is 1. The Labute approximate surface area is 88.1 Å². The average Bonchev–Trinajstić information content (AvgIpc) is 2.16. The van der Waals surface area contributed by atoms with Crippen molar-refractivity contribution in [3.63, 3.8) is 0 Å². The molecule has 0 spiro atoms. The highest BCUT2D eigenvalue weighted by Crippen LogP contribution is 2.17. The number of hydrogen-bond acceptors (Lipinski definition) is 2. The molecule has 0 amide bonds. The second-order valence-corrected chi connectivity index (χ2v) is 4.70. The van der Waals surface area contributed by atoms with Crippen LogP contribution in [0.15, 0.2) is 29.1 Å². The molecule has 0 fully saturated rings. The van der Waals surface area contributed by atoms with Crippen LogP contribution in [-0.4, -0.2) is 10.2 Å². The normalized spacial score (nSPS) is 11.9. The summed E-state index contributed by atoms with van der Waals surface area (Å²) >= 11 is 0. The first-order valence-corrected chi connectivity index (χ1v) is 4.98. The molecule has 1 aromatic carbocycles. The van der Waals surface area contributed by atoms with Gasteiger partial charge in [-0.3, -0.25) is 9.89 Å². The number of hydrogen-bond donors (Lipinski definition) is 1. The van der Waals surface area contributed by atoms with Crippen LogP contribution in [-0.2, 0) is 5.41 Å². The molecule has 0 aliphatic heterocycles. The predicted octanol–water partition coefficient (Wildman–Crippen LogP) is 2.22. The minimum absolute atomic E-state index is 0.0249. The standard InChI is InChI=1S/C12H14N2O/c1-12(2,3)11-10(15)8-6-4-5-7-9(8)13-14-11/h4-7H,1-3H3,(H,13,15). The van der Waals surface area contributed by atoms with E-state index in [0.29, 0.717) is 11.1 Å². The van der Waals surface area contributed by atoms with Gasteiger partial charge in [-0.15, -0.1) is 0 Å². The minimum Gasteiger partial charge on any atom is -0.287 e. The topological polar surface area (TPSA) is 45.8 Å². The number of nitrogens with one attached hydrogen (secondary N) is 1. The summed E-state index contributed by atoms with van der Waals surface area (Å²) in [6.07, 6.45) is 0. The second kappa shape index (κ2) is 3.19. The van der Waals surface area contributed by atoms with Crippen LogP contribution in [0.2, 0.25) is 0 Å². The molecule has 0 aliphatic carbocycles. The molecule has 2 aromatic rings. The van der Waals surface area contributed by atoms with E-state index in [1.165, 1.54) is 0 Å². The molecule has 0 saturated heterocycles. The van der Waals surface area contributed by atoms with E-state index in [9.17, 15) is 4.79 Å². The minimum atomic E-state index is -0.225. The highest BCUT2D eigenvalue weighted by atomic mass is 16.1. The number of benzene rings is 1. The van der Waals surface area contributed by atoms with Crippen molar-refractivity contribution in [2.45, 2.75) is 26.2 Å². The molecule has 1 N–H and O–H groups in total. The summed E-state index contributed by atoms with van der Waals surface area (Å²) < 4.78 is 0. The molecule has 0 atom stereocenters. The third-order valence-electron chi connectivity index (χ3n) is 2.39. The fraction of sp³-hybridized carbons (Fsp3) is 0.333. The van der Waals surface area contributed by atoms with Gasteiger partial charge in [0.15, 0.2) is 0 Å². The van der Waals surface area contributed by atoms with Crippen molar-refractivity contribution in [2.24, 2.45) is 0 Å². The lowest BCUT2D eigenvalue weighted by Gasteiger charge is -2.16. The van der Waals surface area contributed by atoms with E-state index in [-0.39, 0.29) is 10.8 Å². The van der Waals surface area contributed by atoms with Gasteiger partial charge in [0.2, 0.25) is 5.43 Å². The number of aromatic amines is 1. The van der Waals surface area contributed by atoms with E-state index in [4.69, 9.17) is 0 Å². The molecule has 0 bridgehead atoms. The van der Waals surface area contributed by atoms with E-state index in [1.54, 1.807) is 0 Å². The van der Waals surface area contributed by atoms with Gasteiger partial charge in [0.05, 0.1) is 5.52 Å². The molecule has 0 aliphatic rings. The fourth-order valence-corrected chi connectivity index (χ4v) is 1.58. The van der Waals surface area contributed by atoms with Crippen LogP contribution < -0.4 is 5.43 Å². The summed E-state index contributed by atoms with van der Waals surface area (Å²) in [4.78, 5) is 12.1. The fourth-order valence-electron chi connectivity index (χ4n) is 1.58. The van der Waals surface area contributed by atoms with E-state index < -0.39 is 0 Å². The number of nitrogens with zero attached hydrogens (tertiary/aromatic N) is 1. The molecule has 3 heteroatoms. The van der Waals surface area contributed by atoms with Crippen molar-refractivity contribution in [1.82, 2.24) is 10.2 Å². The third-order valence-corrected chi connectivity index (χ3v) is 2.39. The van der Waals surface area contributed by atoms with Crippen LogP contribution >= 0.6 is 0 Å². The first kappa shape index (κ1) is 9.90. The lowest BCUT2D eigenvalue weighted by molar-refractivity contribution is 0.556. The monoisotopic (exact) mass is 202 g/mol. The molecule has 0 radical (unpaired) electrons. The maximum Gasteiger partial charge on any atom is 0.211 e. The summed E-state index contributed by atoms with van der Waals surface area (Å²) in [6.45, 7) is 5.96. The number of rotatable bonds is 0. The van der Waals surface area contributed by atoms with Crippen LogP contribution in [0.25, 0.3) is 10.9 Å². The van der Waals surface area contributed by atoms with E-state index in [1.807, 2.05) is 45.0 Å². The van der Waals surface area contributed by atoms with Crippen molar-refractivity contribution >= 4 is 10.9 Å². The first-order valence-electron chi connectivity index (χ1n) is 4.98. The van der Waals surface area contributed by atoms with E-state index in [0.717, 1.165) is 5.52 Å². The van der Waals surface area contributed by atoms with Crippen molar-refractivity contribution < 1.29 is 0 Å². The van der Waals surface area contributed by atoms with Crippen LogP contribution in [0.5, 0.6) is 0 Å². The molecule has 0 saturated carbocycles. The van der Waals surface area contributed by atoms with Gasteiger partial charge >= 0.3 is 0 Å². The van der Waals surface area contributed by atoms with Gasteiger partial charge in [0.1, 0.15) is 5.69 Å². The largest absolute Gasteiger partial charge is 0.287 e. The number of aromatic nitrogens is 2. The summed E-state index contributed by atoms with van der Waals surface area (Å²) in [6, 6.07) is 7.43. The molecular weight excluding hydrogens is 188 g/mol. The Kier molecular flexibility index (Phi) is 2.11. The third kappa shape index (κ3) is 1.65. The summed E-state index contributed by atoms with van der Waals surface area (Å²) in [5.74, 6) is 0. The second-order valence-electron chi connectivity index (χ2n) is 4.70. The van der Waals surface area contributed by atoms with E-state index in [2.05, 4.69) is 10.2 Å². The SMILES string of the molecule is CC(C)(C)c1n[nH]c2ccccc2c1=O. The zero-order chi connectivity index (χ0) is 11.1. The molecule has 1 aromatic heterocycles. The molecule has 78 valence electrons. The van der Waals surface area contributed by atoms with Gasteiger partial charge in [0.25, 0.3) is 0 Å². The van der Waals surface area contributed by atoms with Gasteiger partial charge in [-0.2, -0.15) is 5.10 Å². The van der Waals surface area contributed by atoms with Gasteiger partial charge in [0, 0.05) is 10.8 Å². The Balaban J connectivity index is 2.83. The first-order chi connectivity index (χ1) is 7.00. The summed E-state index contributed by atoms with van der Waals surface area (Å²) in [5, 5.41) is 7.76. The lowest BCUT2D eigenvalue weighted by atomic mass is 9.91. The van der Waals surface area contributed by atoms with Crippen LogP contribution in [0.3, 0.4) is 0 Å². The van der Waals surface area contributed by atoms with Gasteiger partial charge in [-0.1, -0.05) is 32.9 Å². The smallest absolute Gasteiger partial charge is 0.211 e. The maximum absolute atomic E-state index is 12.1. The Bertz CT molecular complexity index is 549. The maximum atomic E-state index is 12.1. The zero-order valence-corrected chi connectivity index (χ0v) is 9.16. The quantitative estimate of drug-likeness (QED) is 0.712. The zero-order valence-electron chi connectivity index (χ0n) is 9.16. The molecule has 2 rings (SSSR count). The predicted molar refractivity (Wildman–Crippen MR) is 61.1 cm³/mol. The van der Waals surface area contributed by atoms with Crippen LogP contribution in [0, 0.1) is 0 Å². The molecule has 3 nitrogen and oxygen atoms in total. The van der Waals surface area contributed by atoms with Gasteiger partial charge in [-0.25, -0.2) is 0 Å². The van der Waals surface area contributed by atoms with Crippen molar-refractivity contribution in [1.29, 1.82) is 0 Å². The van der Waals surface area contributed by atoms with Crippen molar-refractivity contribution in [2.75, 3.05) is 0 Å². The number of H-pyrrole nitrogens is 1. The van der Waals surface area contributed by atoms with Crippen molar-refractivity contribution in [3.8, 4) is 0 Å². The Morgan fingerprint density at radius 1 is 1.20 bits per heavy atom. The summed E-state index contributed by atoms with van der Waals surface area (Å²) in [5.41, 5.74) is 1.17. The van der Waals surface area contributed by atoms with Crippen molar-refractivity contribution in [3.05, 3.63) is 40.2 Å². The summed E-state index contributed by atoms with van der Waals surface area (Å²) in [7, 11) is 0. The highest BCUT2D eigenvalue weighted by Gasteiger charge is 2.20. The Morgan fingerprint density at radius 2 is 1.87 bits per heavy atom. The molecular formula is C12H14N2O. The van der Waals surface area contributed by atoms with Gasteiger partial charge < -0.3 is 0 Å². The average molecular weight is 202 g/mol. The van der Waals surface area contributed by atoms with Gasteiger partial charge in [-0.05, 0) is 12.1 Å². The number of para-hydroxylation sites is 1. The lowest BCUT2D eigenvalue weighted by Crippen LogP contribution is -2.25. The van der Waals surface area contributed by atoms with E-state index >= 15 is 0 Å². The molecule has 15 heavy (non-hydrogen) atoms. The highest BCUT2D eigenvalue weighted by molar-refractivity contribution is 5.77. The Hall–Kier alpha value is -1.64.